The van der Waals surface area contributed by atoms with Gasteiger partial charge in [-0.1, -0.05) is 18.2 Å². The van der Waals surface area contributed by atoms with Gasteiger partial charge in [0.05, 0.1) is 11.2 Å². The zero-order valence-electron chi connectivity index (χ0n) is 7.27. The summed E-state index contributed by atoms with van der Waals surface area (Å²) in [6, 6.07) is 9.05. The number of amides is 1. The minimum atomic E-state index is -1.08. The molecule has 0 aliphatic rings. The number of aromatic nitrogens is 1. The maximum absolute atomic E-state index is 10.5. The van der Waals surface area contributed by atoms with Crippen LogP contribution in [0.2, 0.25) is 0 Å². The van der Waals surface area contributed by atoms with Gasteiger partial charge in [0, 0.05) is 11.6 Å². The second-order valence-corrected chi connectivity index (χ2v) is 2.81. The van der Waals surface area contributed by atoms with Gasteiger partial charge < -0.3 is 5.11 Å². The zero-order chi connectivity index (χ0) is 9.97. The number of rotatable bonds is 1. The summed E-state index contributed by atoms with van der Waals surface area (Å²) in [4.78, 5) is 14.6. The fourth-order valence-electron chi connectivity index (χ4n) is 1.32. The number of anilines is 1. The van der Waals surface area contributed by atoms with Crippen LogP contribution in [0.4, 0.5) is 10.5 Å². The molecule has 2 aromatic rings. The van der Waals surface area contributed by atoms with E-state index in [1.165, 1.54) is 0 Å². The van der Waals surface area contributed by atoms with Crippen LogP contribution in [0.5, 0.6) is 0 Å². The number of hydrogen-bond acceptors (Lipinski definition) is 2. The van der Waals surface area contributed by atoms with E-state index in [1.807, 2.05) is 18.2 Å². The molecule has 2 N–H and O–H groups in total. The Hall–Kier alpha value is -2.10. The summed E-state index contributed by atoms with van der Waals surface area (Å²) in [5, 5.41) is 11.8. The molecule has 2 rings (SSSR count). The van der Waals surface area contributed by atoms with Gasteiger partial charge in [0.2, 0.25) is 0 Å². The number of benzene rings is 1. The maximum atomic E-state index is 10.5. The number of hydrogen-bond donors (Lipinski definition) is 2. The number of nitrogens with one attached hydrogen (secondary N) is 1. The number of pyridine rings is 1. The van der Waals surface area contributed by atoms with Gasteiger partial charge in [-0.2, -0.15) is 0 Å². The third-order valence-electron chi connectivity index (χ3n) is 1.87. The molecule has 4 nitrogen and oxygen atoms in total. The third kappa shape index (κ3) is 1.50. The predicted molar refractivity (Wildman–Crippen MR) is 53.4 cm³/mol. The van der Waals surface area contributed by atoms with Gasteiger partial charge in [0.15, 0.2) is 0 Å². The topological polar surface area (TPSA) is 62.2 Å². The summed E-state index contributed by atoms with van der Waals surface area (Å²) in [5.74, 6) is 0. The van der Waals surface area contributed by atoms with E-state index in [9.17, 15) is 4.79 Å². The van der Waals surface area contributed by atoms with Gasteiger partial charge in [0.1, 0.15) is 0 Å². The van der Waals surface area contributed by atoms with Gasteiger partial charge in [-0.25, -0.2) is 4.79 Å². The molecule has 14 heavy (non-hydrogen) atoms. The average molecular weight is 188 g/mol. The molecule has 0 bridgehead atoms. The van der Waals surface area contributed by atoms with E-state index < -0.39 is 6.09 Å². The summed E-state index contributed by atoms with van der Waals surface area (Å²) >= 11 is 0. The lowest BCUT2D eigenvalue weighted by Gasteiger charge is -2.03. The van der Waals surface area contributed by atoms with Crippen molar-refractivity contribution in [1.82, 2.24) is 4.98 Å². The highest BCUT2D eigenvalue weighted by atomic mass is 16.4. The van der Waals surface area contributed by atoms with Crippen LogP contribution in [0, 0.1) is 0 Å². The van der Waals surface area contributed by atoms with E-state index in [-0.39, 0.29) is 0 Å². The second kappa shape index (κ2) is 3.33. The Morgan fingerprint density at radius 2 is 2.07 bits per heavy atom. The Morgan fingerprint density at radius 1 is 1.29 bits per heavy atom. The first-order valence-corrected chi connectivity index (χ1v) is 4.11. The lowest BCUT2D eigenvalue weighted by Crippen LogP contribution is -2.07. The molecule has 0 radical (unpaired) electrons. The molecule has 0 aliphatic heterocycles. The Morgan fingerprint density at radius 3 is 2.86 bits per heavy atom. The molecule has 0 aliphatic carbocycles. The highest BCUT2D eigenvalue weighted by molar-refractivity contribution is 5.97. The van der Waals surface area contributed by atoms with E-state index in [4.69, 9.17) is 5.11 Å². The van der Waals surface area contributed by atoms with Crippen molar-refractivity contribution in [2.75, 3.05) is 5.32 Å². The van der Waals surface area contributed by atoms with E-state index in [0.717, 1.165) is 5.39 Å². The molecule has 70 valence electrons. The Kier molecular flexibility index (Phi) is 2.02. The molecule has 1 amide bonds. The Balaban J connectivity index is 2.59. The van der Waals surface area contributed by atoms with Gasteiger partial charge >= 0.3 is 6.09 Å². The van der Waals surface area contributed by atoms with Crippen molar-refractivity contribution in [1.29, 1.82) is 0 Å². The smallest absolute Gasteiger partial charge is 0.409 e. The highest BCUT2D eigenvalue weighted by Gasteiger charge is 2.03. The van der Waals surface area contributed by atoms with Gasteiger partial charge in [0.25, 0.3) is 0 Å². The molecule has 0 saturated carbocycles. The Bertz CT molecular complexity index is 477. The zero-order valence-corrected chi connectivity index (χ0v) is 7.27. The van der Waals surface area contributed by atoms with Crippen LogP contribution in [-0.2, 0) is 0 Å². The van der Waals surface area contributed by atoms with Crippen LogP contribution in [0.15, 0.2) is 36.5 Å². The molecular weight excluding hydrogens is 180 g/mol. The Labute approximate surface area is 80.2 Å². The number of para-hydroxylation sites is 1. The standard InChI is InChI=1S/C10H8N2O2/c13-10(14)12-8-5-1-3-7-4-2-6-11-9(7)8/h1-6,12H,(H,13,14). The van der Waals surface area contributed by atoms with Crippen LogP contribution >= 0.6 is 0 Å². The summed E-state index contributed by atoms with van der Waals surface area (Å²) in [7, 11) is 0. The van der Waals surface area contributed by atoms with Crippen LogP contribution < -0.4 is 5.32 Å². The predicted octanol–water partition coefficient (Wildman–Crippen LogP) is 2.32. The fourth-order valence-corrected chi connectivity index (χ4v) is 1.32. The third-order valence-corrected chi connectivity index (χ3v) is 1.87. The van der Waals surface area contributed by atoms with Crippen LogP contribution in [0.3, 0.4) is 0 Å². The largest absolute Gasteiger partial charge is 0.465 e. The van der Waals surface area contributed by atoms with Crippen LogP contribution in [-0.4, -0.2) is 16.2 Å². The minimum Gasteiger partial charge on any atom is -0.465 e. The molecule has 1 aromatic heterocycles. The van der Waals surface area contributed by atoms with Crippen LogP contribution in [0.25, 0.3) is 10.9 Å². The van der Waals surface area contributed by atoms with Crippen molar-refractivity contribution in [3.05, 3.63) is 36.5 Å². The molecule has 0 atom stereocenters. The molecule has 0 unspecified atom stereocenters. The van der Waals surface area contributed by atoms with Crippen molar-refractivity contribution >= 4 is 22.7 Å². The van der Waals surface area contributed by atoms with E-state index in [0.29, 0.717) is 11.2 Å². The first kappa shape index (κ1) is 8.50. The van der Waals surface area contributed by atoms with E-state index in [1.54, 1.807) is 18.3 Å². The lowest BCUT2D eigenvalue weighted by atomic mass is 10.2. The fraction of sp³-hybridized carbons (Fsp3) is 0. The molecule has 0 saturated heterocycles. The first-order chi connectivity index (χ1) is 6.77. The van der Waals surface area contributed by atoms with Crippen molar-refractivity contribution in [2.45, 2.75) is 0 Å². The summed E-state index contributed by atoms with van der Waals surface area (Å²) in [5.41, 5.74) is 1.17. The van der Waals surface area contributed by atoms with Crippen molar-refractivity contribution in [3.8, 4) is 0 Å². The average Bonchev–Trinajstić information content (AvgIpc) is 2.18. The van der Waals surface area contributed by atoms with Crippen LogP contribution in [0.1, 0.15) is 0 Å². The molecule has 0 spiro atoms. The number of fused-ring (bicyclic) bond motifs is 1. The van der Waals surface area contributed by atoms with Crippen molar-refractivity contribution in [2.24, 2.45) is 0 Å². The molecular formula is C10H8N2O2. The second-order valence-electron chi connectivity index (χ2n) is 2.81. The SMILES string of the molecule is O=C(O)Nc1cccc2cccnc12. The highest BCUT2D eigenvalue weighted by Crippen LogP contribution is 2.20. The summed E-state index contributed by atoms with van der Waals surface area (Å²) in [6.07, 6.45) is 0.554. The quantitative estimate of drug-likeness (QED) is 0.721. The number of nitrogens with zero attached hydrogens (tertiary/aromatic N) is 1. The van der Waals surface area contributed by atoms with Crippen molar-refractivity contribution in [3.63, 3.8) is 0 Å². The normalized spacial score (nSPS) is 10.0. The summed E-state index contributed by atoms with van der Waals surface area (Å²) < 4.78 is 0. The molecule has 1 heterocycles. The molecule has 1 aromatic carbocycles. The minimum absolute atomic E-state index is 0.510. The van der Waals surface area contributed by atoms with E-state index >= 15 is 0 Å². The maximum Gasteiger partial charge on any atom is 0.409 e. The molecule has 4 heteroatoms. The number of carbonyl (C=O) groups is 1. The van der Waals surface area contributed by atoms with Gasteiger partial charge in [-0.15, -0.1) is 0 Å². The lowest BCUT2D eigenvalue weighted by molar-refractivity contribution is 0.210. The first-order valence-electron chi connectivity index (χ1n) is 4.11. The van der Waals surface area contributed by atoms with Gasteiger partial charge in [-0.3, -0.25) is 10.3 Å². The van der Waals surface area contributed by atoms with E-state index in [2.05, 4.69) is 10.3 Å². The number of carboxylic acid groups (broad SMARTS) is 1. The van der Waals surface area contributed by atoms with Gasteiger partial charge in [-0.05, 0) is 12.1 Å². The monoisotopic (exact) mass is 188 g/mol. The summed E-state index contributed by atoms with van der Waals surface area (Å²) in [6.45, 7) is 0. The van der Waals surface area contributed by atoms with Crippen molar-refractivity contribution < 1.29 is 9.90 Å². The molecule has 0 fully saturated rings.